The van der Waals surface area contributed by atoms with Gasteiger partial charge in [-0.2, -0.15) is 0 Å². The predicted octanol–water partition coefficient (Wildman–Crippen LogP) is 21.8. The minimum Gasteiger partial charge on any atom is -0.462 e. The molecule has 436 valence electrons. The first kappa shape index (κ1) is 72.5. The van der Waals surface area contributed by atoms with Crippen LogP contribution >= 0.6 is 0 Å². The molecule has 0 rings (SSSR count). The molecule has 0 aromatic carbocycles. The zero-order chi connectivity index (χ0) is 55.7. The van der Waals surface area contributed by atoms with E-state index in [1.807, 2.05) is 0 Å². The van der Waals surface area contributed by atoms with Gasteiger partial charge in [-0.05, 0) is 128 Å². The van der Waals surface area contributed by atoms with Crippen LogP contribution in [-0.2, 0) is 28.6 Å². The lowest BCUT2D eigenvalue weighted by Gasteiger charge is -2.18. The Balaban J connectivity index is 4.38. The molecule has 0 aliphatic carbocycles. The number of rotatable bonds is 56. The molecule has 6 heteroatoms. The smallest absolute Gasteiger partial charge is 0.306 e. The van der Waals surface area contributed by atoms with Gasteiger partial charge in [0.2, 0.25) is 0 Å². The minimum atomic E-state index is -0.797. The van der Waals surface area contributed by atoms with Gasteiger partial charge in [-0.1, -0.05) is 264 Å². The summed E-state index contributed by atoms with van der Waals surface area (Å²) in [5.74, 6) is -0.919. The summed E-state index contributed by atoms with van der Waals surface area (Å²) in [6.45, 7) is 6.33. The van der Waals surface area contributed by atoms with E-state index in [-0.39, 0.29) is 31.1 Å². The fourth-order valence-corrected chi connectivity index (χ4v) is 8.44. The first-order valence-corrected chi connectivity index (χ1v) is 31.7. The zero-order valence-corrected chi connectivity index (χ0v) is 49.9. The molecule has 0 radical (unpaired) electrons. The highest BCUT2D eigenvalue weighted by atomic mass is 16.6. The van der Waals surface area contributed by atoms with Crippen molar-refractivity contribution in [1.29, 1.82) is 0 Å². The second kappa shape index (κ2) is 64.1. The van der Waals surface area contributed by atoms with Gasteiger partial charge in [-0.3, -0.25) is 14.4 Å². The van der Waals surface area contributed by atoms with E-state index < -0.39 is 6.10 Å². The van der Waals surface area contributed by atoms with E-state index in [0.717, 1.165) is 161 Å². The fraction of sp³-hybridized carbons (Fsp3) is 0.648. The molecule has 77 heavy (non-hydrogen) atoms. The summed E-state index contributed by atoms with van der Waals surface area (Å²) in [5, 5.41) is 0. The Morgan fingerprint density at radius 2 is 0.506 bits per heavy atom. The molecule has 0 N–H and O–H groups in total. The van der Waals surface area contributed by atoms with Crippen LogP contribution in [0.1, 0.15) is 278 Å². The molecule has 0 heterocycles. The molecule has 0 saturated heterocycles. The maximum atomic E-state index is 12.9. The van der Waals surface area contributed by atoms with Gasteiger partial charge < -0.3 is 14.2 Å². The van der Waals surface area contributed by atoms with Gasteiger partial charge in [0.15, 0.2) is 6.10 Å². The van der Waals surface area contributed by atoms with Crippen LogP contribution in [-0.4, -0.2) is 37.2 Å². The average Bonchev–Trinajstić information content (AvgIpc) is 3.43. The first-order chi connectivity index (χ1) is 38.0. The molecular weight excluding hydrogens is 949 g/mol. The number of ether oxygens (including phenoxy) is 3. The molecule has 1 atom stereocenters. The topological polar surface area (TPSA) is 78.9 Å². The molecule has 0 bridgehead atoms. The van der Waals surface area contributed by atoms with Crippen LogP contribution in [0.4, 0.5) is 0 Å². The Morgan fingerprint density at radius 1 is 0.273 bits per heavy atom. The third kappa shape index (κ3) is 62.3. The standard InChI is InChI=1S/C71H116O6/c1-4-7-10-13-16-19-22-25-27-29-31-33-34-35-36-38-39-41-43-46-49-52-55-58-61-64-70(73)76-67-68(66-75-69(72)63-60-57-54-51-48-45-24-21-18-15-12-9-6-3)77-71(74)65-62-59-56-53-50-47-44-42-40-37-32-30-28-26-23-20-17-14-11-8-5-2/h7-8,10-12,15-17,19-21,24-28,31-33,35-37,68H,4-6,9,13-14,18,22-23,29-30,34,38-67H2,1-3H3/b10-7-,11-8-,15-12-,19-16-,20-17-,24-21-,27-25-,28-26-,33-31-,36-35-,37-32-. The van der Waals surface area contributed by atoms with E-state index in [2.05, 4.69) is 154 Å². The predicted molar refractivity (Wildman–Crippen MR) is 334 cm³/mol. The number of carbonyl (C=O) groups excluding carboxylic acids is 3. The van der Waals surface area contributed by atoms with Crippen molar-refractivity contribution in [3.63, 3.8) is 0 Å². The molecule has 6 nitrogen and oxygen atoms in total. The van der Waals surface area contributed by atoms with Gasteiger partial charge in [0.25, 0.3) is 0 Å². The highest BCUT2D eigenvalue weighted by molar-refractivity contribution is 5.71. The quantitative estimate of drug-likeness (QED) is 0.0261. The Bertz CT molecular complexity index is 1650. The number of carbonyl (C=O) groups is 3. The molecule has 0 aromatic rings. The van der Waals surface area contributed by atoms with E-state index in [9.17, 15) is 14.4 Å². The molecule has 0 fully saturated rings. The van der Waals surface area contributed by atoms with E-state index in [4.69, 9.17) is 14.2 Å². The number of allylic oxidation sites excluding steroid dienone is 22. The summed E-state index contributed by atoms with van der Waals surface area (Å²) >= 11 is 0. The summed E-state index contributed by atoms with van der Waals surface area (Å²) < 4.78 is 16.9. The van der Waals surface area contributed by atoms with Crippen molar-refractivity contribution in [1.82, 2.24) is 0 Å². The van der Waals surface area contributed by atoms with E-state index in [0.29, 0.717) is 19.3 Å². The average molecular weight is 1070 g/mol. The van der Waals surface area contributed by atoms with Crippen molar-refractivity contribution in [3.8, 4) is 0 Å². The van der Waals surface area contributed by atoms with Crippen LogP contribution in [0.2, 0.25) is 0 Å². The first-order valence-electron chi connectivity index (χ1n) is 31.7. The molecular formula is C71H116O6. The normalized spacial score (nSPS) is 13.0. The van der Waals surface area contributed by atoms with Crippen molar-refractivity contribution in [3.05, 3.63) is 134 Å². The second-order valence-corrected chi connectivity index (χ2v) is 20.5. The maximum absolute atomic E-state index is 12.9. The van der Waals surface area contributed by atoms with Crippen LogP contribution in [0, 0.1) is 0 Å². The van der Waals surface area contributed by atoms with E-state index in [1.165, 1.54) is 77.0 Å². The van der Waals surface area contributed by atoms with Crippen molar-refractivity contribution in [2.45, 2.75) is 284 Å². The third-order valence-electron chi connectivity index (χ3n) is 13.1. The Labute approximate surface area is 475 Å². The van der Waals surface area contributed by atoms with E-state index >= 15 is 0 Å². The number of unbranched alkanes of at least 4 members (excludes halogenated alkanes) is 23. The van der Waals surface area contributed by atoms with Crippen molar-refractivity contribution >= 4 is 17.9 Å². The molecule has 0 amide bonds. The number of hydrogen-bond donors (Lipinski definition) is 0. The van der Waals surface area contributed by atoms with Crippen LogP contribution in [0.25, 0.3) is 0 Å². The zero-order valence-electron chi connectivity index (χ0n) is 49.9. The summed E-state index contributed by atoms with van der Waals surface area (Å²) in [4.78, 5) is 38.3. The lowest BCUT2D eigenvalue weighted by atomic mass is 10.1. The van der Waals surface area contributed by atoms with Crippen LogP contribution in [0.15, 0.2) is 134 Å². The second-order valence-electron chi connectivity index (χ2n) is 20.5. The summed E-state index contributed by atoms with van der Waals surface area (Å²) in [6.07, 6.45) is 90.2. The van der Waals surface area contributed by atoms with Crippen LogP contribution in [0.5, 0.6) is 0 Å². The van der Waals surface area contributed by atoms with Gasteiger partial charge in [-0.25, -0.2) is 0 Å². The minimum absolute atomic E-state index is 0.0926. The Hall–Kier alpha value is -4.45. The van der Waals surface area contributed by atoms with Crippen LogP contribution in [0.3, 0.4) is 0 Å². The van der Waals surface area contributed by atoms with Crippen LogP contribution < -0.4 is 0 Å². The molecule has 1 unspecified atom stereocenters. The number of esters is 3. The largest absolute Gasteiger partial charge is 0.462 e. The lowest BCUT2D eigenvalue weighted by Crippen LogP contribution is -2.30. The van der Waals surface area contributed by atoms with Gasteiger partial charge in [0.05, 0.1) is 0 Å². The Morgan fingerprint density at radius 3 is 0.792 bits per heavy atom. The van der Waals surface area contributed by atoms with Gasteiger partial charge in [-0.15, -0.1) is 0 Å². The van der Waals surface area contributed by atoms with E-state index in [1.54, 1.807) is 0 Å². The molecule has 0 aromatic heterocycles. The summed E-state index contributed by atoms with van der Waals surface area (Å²) in [7, 11) is 0. The highest BCUT2D eigenvalue weighted by Crippen LogP contribution is 2.15. The van der Waals surface area contributed by atoms with Gasteiger partial charge >= 0.3 is 17.9 Å². The summed E-state index contributed by atoms with van der Waals surface area (Å²) in [6, 6.07) is 0. The van der Waals surface area contributed by atoms with Crippen molar-refractivity contribution in [2.24, 2.45) is 0 Å². The lowest BCUT2D eigenvalue weighted by molar-refractivity contribution is -0.167. The monoisotopic (exact) mass is 1060 g/mol. The summed E-state index contributed by atoms with van der Waals surface area (Å²) in [5.41, 5.74) is 0. The Kier molecular flexibility index (Phi) is 60.4. The molecule has 0 saturated carbocycles. The van der Waals surface area contributed by atoms with Gasteiger partial charge in [0, 0.05) is 19.3 Å². The van der Waals surface area contributed by atoms with Gasteiger partial charge in [0.1, 0.15) is 13.2 Å². The molecule has 0 aliphatic rings. The van der Waals surface area contributed by atoms with Crippen molar-refractivity contribution in [2.75, 3.05) is 13.2 Å². The third-order valence-corrected chi connectivity index (χ3v) is 13.1. The highest BCUT2D eigenvalue weighted by Gasteiger charge is 2.19. The molecule has 0 aliphatic heterocycles. The fourth-order valence-electron chi connectivity index (χ4n) is 8.44. The molecule has 0 spiro atoms. The SMILES string of the molecule is CC/C=C\C/C=C\C/C=C\C/C=C\C/C=C\CCCCCCCCCCCC(=O)OCC(COC(=O)CCCCCCC/C=C\C/C=C\CCC)OC(=O)CCCCCCCCCC/C=C\C/C=C\C/C=C\C/C=C\CC. The number of hydrogen-bond acceptors (Lipinski definition) is 6. The maximum Gasteiger partial charge on any atom is 0.306 e. The van der Waals surface area contributed by atoms with Crippen molar-refractivity contribution < 1.29 is 28.6 Å².